The zero-order valence-electron chi connectivity index (χ0n) is 10.4. The maximum atomic E-state index is 12.3. The van der Waals surface area contributed by atoms with E-state index in [9.17, 15) is 4.79 Å². The molecule has 0 saturated carbocycles. The fourth-order valence-corrected chi connectivity index (χ4v) is 2.47. The van der Waals surface area contributed by atoms with Gasteiger partial charge in [0.05, 0.1) is 10.5 Å². The van der Waals surface area contributed by atoms with Crippen LogP contribution in [0.15, 0.2) is 53.3 Å². The molecule has 1 heterocycles. The normalized spacial score (nSPS) is 10.8. The third-order valence-electron chi connectivity index (χ3n) is 3.23. The maximum Gasteiger partial charge on any atom is 0.190 e. The first-order valence-corrected chi connectivity index (χ1v) is 6.42. The lowest BCUT2D eigenvalue weighted by atomic mass is 10.1. The highest BCUT2D eigenvalue weighted by Crippen LogP contribution is 2.25. The summed E-state index contributed by atoms with van der Waals surface area (Å²) in [4.78, 5) is 15.5. The van der Waals surface area contributed by atoms with Crippen LogP contribution in [0.3, 0.4) is 0 Å². The summed E-state index contributed by atoms with van der Waals surface area (Å²) >= 11 is 6.19. The van der Waals surface area contributed by atoms with Crippen molar-refractivity contribution in [3.05, 3.63) is 69.3 Å². The number of hydrogen-bond donors (Lipinski definition) is 1. The highest BCUT2D eigenvalue weighted by atomic mass is 35.5. The zero-order valence-corrected chi connectivity index (χ0v) is 11.2. The number of hydrogen-bond acceptors (Lipinski definition) is 1. The van der Waals surface area contributed by atoms with Crippen LogP contribution in [0.2, 0.25) is 5.02 Å². The molecule has 0 atom stereocenters. The number of aryl methyl sites for hydroxylation is 1. The molecule has 0 aliphatic carbocycles. The quantitative estimate of drug-likeness (QED) is 0.707. The minimum atomic E-state index is -0.00685. The van der Waals surface area contributed by atoms with E-state index in [0.29, 0.717) is 15.9 Å². The van der Waals surface area contributed by atoms with Crippen LogP contribution in [-0.2, 0) is 0 Å². The van der Waals surface area contributed by atoms with Crippen molar-refractivity contribution in [2.75, 3.05) is 0 Å². The number of nitrogens with one attached hydrogen (secondary N) is 1. The Morgan fingerprint density at radius 1 is 1.05 bits per heavy atom. The van der Waals surface area contributed by atoms with E-state index in [1.165, 1.54) is 0 Å². The molecule has 0 aliphatic rings. The number of aromatic nitrogens is 1. The van der Waals surface area contributed by atoms with Gasteiger partial charge in [0.1, 0.15) is 0 Å². The molecule has 3 heteroatoms. The average Bonchev–Trinajstić information content (AvgIpc) is 2.43. The van der Waals surface area contributed by atoms with Crippen molar-refractivity contribution < 1.29 is 0 Å². The Bertz CT molecular complexity index is 806. The summed E-state index contributed by atoms with van der Waals surface area (Å²) < 4.78 is 0. The number of pyridine rings is 1. The smallest absolute Gasteiger partial charge is 0.190 e. The van der Waals surface area contributed by atoms with Crippen LogP contribution < -0.4 is 5.43 Å². The van der Waals surface area contributed by atoms with Gasteiger partial charge in [-0.25, -0.2) is 0 Å². The van der Waals surface area contributed by atoms with Crippen LogP contribution >= 0.6 is 11.6 Å². The van der Waals surface area contributed by atoms with Gasteiger partial charge in [-0.15, -0.1) is 0 Å². The lowest BCUT2D eigenvalue weighted by molar-refractivity contribution is 1.36. The van der Waals surface area contributed by atoms with E-state index in [1.54, 1.807) is 6.07 Å². The fourth-order valence-electron chi connectivity index (χ4n) is 2.27. The molecule has 2 aromatic carbocycles. The Labute approximate surface area is 115 Å². The predicted octanol–water partition coefficient (Wildman–Crippen LogP) is 4.16. The zero-order chi connectivity index (χ0) is 13.4. The number of rotatable bonds is 1. The lowest BCUT2D eigenvalue weighted by Crippen LogP contribution is -2.05. The lowest BCUT2D eigenvalue weighted by Gasteiger charge is -2.07. The summed E-state index contributed by atoms with van der Waals surface area (Å²) in [5, 5.41) is 1.22. The first-order chi connectivity index (χ1) is 9.16. The van der Waals surface area contributed by atoms with Crippen LogP contribution in [0.1, 0.15) is 5.56 Å². The molecule has 0 radical (unpaired) electrons. The number of fused-ring (bicyclic) bond motifs is 1. The van der Waals surface area contributed by atoms with Gasteiger partial charge in [-0.2, -0.15) is 0 Å². The molecule has 0 saturated heterocycles. The van der Waals surface area contributed by atoms with Gasteiger partial charge in [0.25, 0.3) is 0 Å². The van der Waals surface area contributed by atoms with Crippen molar-refractivity contribution in [3.8, 4) is 11.3 Å². The van der Waals surface area contributed by atoms with Crippen LogP contribution in [0, 0.1) is 6.92 Å². The second-order valence-electron chi connectivity index (χ2n) is 4.53. The van der Waals surface area contributed by atoms with E-state index in [1.807, 2.05) is 49.4 Å². The van der Waals surface area contributed by atoms with Crippen LogP contribution in [0.5, 0.6) is 0 Å². The second-order valence-corrected chi connectivity index (χ2v) is 4.93. The Balaban J connectivity index is 2.38. The molecule has 0 bridgehead atoms. The molecule has 0 aliphatic heterocycles. The molecule has 0 fully saturated rings. The molecule has 0 amide bonds. The van der Waals surface area contributed by atoms with E-state index in [2.05, 4.69) is 4.98 Å². The van der Waals surface area contributed by atoms with E-state index in [0.717, 1.165) is 16.8 Å². The summed E-state index contributed by atoms with van der Waals surface area (Å²) in [5.41, 5.74) is 3.38. The minimum absolute atomic E-state index is 0.00685. The third-order valence-corrected chi connectivity index (χ3v) is 3.54. The van der Waals surface area contributed by atoms with E-state index < -0.39 is 0 Å². The average molecular weight is 270 g/mol. The van der Waals surface area contributed by atoms with Gasteiger partial charge in [-0.05, 0) is 24.1 Å². The van der Waals surface area contributed by atoms with Crippen molar-refractivity contribution >= 4 is 22.5 Å². The van der Waals surface area contributed by atoms with Gasteiger partial charge in [0.15, 0.2) is 5.43 Å². The first-order valence-electron chi connectivity index (χ1n) is 6.04. The minimum Gasteiger partial charge on any atom is -0.353 e. The molecule has 2 nitrogen and oxygen atoms in total. The van der Waals surface area contributed by atoms with Gasteiger partial charge < -0.3 is 4.98 Å². The Kier molecular flexibility index (Phi) is 2.88. The SMILES string of the molecule is Cc1ccc(Cl)c2[nH]c(-c3ccccc3)cc(=O)c12. The van der Waals surface area contributed by atoms with Crippen LogP contribution in [0.4, 0.5) is 0 Å². The van der Waals surface area contributed by atoms with Gasteiger partial charge in [0.2, 0.25) is 0 Å². The first kappa shape index (κ1) is 12.0. The molecule has 1 aromatic heterocycles. The van der Waals surface area contributed by atoms with Gasteiger partial charge >= 0.3 is 0 Å². The summed E-state index contributed by atoms with van der Waals surface area (Å²) in [7, 11) is 0. The monoisotopic (exact) mass is 269 g/mol. The predicted molar refractivity (Wildman–Crippen MR) is 79.8 cm³/mol. The van der Waals surface area contributed by atoms with Crippen molar-refractivity contribution in [2.24, 2.45) is 0 Å². The summed E-state index contributed by atoms with van der Waals surface area (Å²) in [6.07, 6.45) is 0. The van der Waals surface area contributed by atoms with Crippen molar-refractivity contribution in [2.45, 2.75) is 6.92 Å². The standard InChI is InChI=1S/C16H12ClNO/c1-10-7-8-12(17)16-15(10)14(19)9-13(18-16)11-5-3-2-4-6-11/h2-9H,1H3,(H,18,19). The summed E-state index contributed by atoms with van der Waals surface area (Å²) in [6, 6.07) is 15.0. The number of halogens is 1. The van der Waals surface area contributed by atoms with Crippen LogP contribution in [0.25, 0.3) is 22.2 Å². The molecule has 3 aromatic rings. The third kappa shape index (κ3) is 2.04. The van der Waals surface area contributed by atoms with E-state index in [-0.39, 0.29) is 5.43 Å². The Morgan fingerprint density at radius 3 is 2.53 bits per heavy atom. The highest BCUT2D eigenvalue weighted by molar-refractivity contribution is 6.35. The Morgan fingerprint density at radius 2 is 1.79 bits per heavy atom. The maximum absolute atomic E-state index is 12.3. The summed E-state index contributed by atoms with van der Waals surface area (Å²) in [6.45, 7) is 1.91. The van der Waals surface area contributed by atoms with Crippen molar-refractivity contribution in [1.29, 1.82) is 0 Å². The number of benzene rings is 2. The molecule has 3 rings (SSSR count). The summed E-state index contributed by atoms with van der Waals surface area (Å²) in [5.74, 6) is 0. The van der Waals surface area contributed by atoms with Crippen molar-refractivity contribution in [1.82, 2.24) is 4.98 Å². The van der Waals surface area contributed by atoms with Gasteiger partial charge in [-0.3, -0.25) is 4.79 Å². The molecule has 0 spiro atoms. The van der Waals surface area contributed by atoms with Crippen molar-refractivity contribution in [3.63, 3.8) is 0 Å². The van der Waals surface area contributed by atoms with Gasteiger partial charge in [-0.1, -0.05) is 48.0 Å². The van der Waals surface area contributed by atoms with E-state index >= 15 is 0 Å². The Hall–Kier alpha value is -2.06. The largest absolute Gasteiger partial charge is 0.353 e. The highest BCUT2D eigenvalue weighted by Gasteiger charge is 2.09. The second kappa shape index (κ2) is 4.56. The van der Waals surface area contributed by atoms with Gasteiger partial charge in [0, 0.05) is 17.1 Å². The number of H-pyrrole nitrogens is 1. The molecular weight excluding hydrogens is 258 g/mol. The van der Waals surface area contributed by atoms with Crippen LogP contribution in [-0.4, -0.2) is 4.98 Å². The topological polar surface area (TPSA) is 32.9 Å². The fraction of sp³-hybridized carbons (Fsp3) is 0.0625. The van der Waals surface area contributed by atoms with E-state index in [4.69, 9.17) is 11.6 Å². The molecule has 94 valence electrons. The molecule has 1 N–H and O–H groups in total. The molecular formula is C16H12ClNO. The molecule has 0 unspecified atom stereocenters. The molecule has 19 heavy (non-hydrogen) atoms. The number of aromatic amines is 1.